The van der Waals surface area contributed by atoms with Crippen LogP contribution in [0.5, 0.6) is 0 Å². The van der Waals surface area contributed by atoms with Gasteiger partial charge in [-0.1, -0.05) is 0 Å². The third-order valence-corrected chi connectivity index (χ3v) is 7.11. The second kappa shape index (κ2) is 3.82. The number of rotatable bonds is 4. The van der Waals surface area contributed by atoms with Gasteiger partial charge in [0.25, 0.3) is 0 Å². The van der Waals surface area contributed by atoms with E-state index >= 15 is 0 Å². The molecule has 0 unspecified atom stereocenters. The predicted molar refractivity (Wildman–Crippen MR) is 57.9 cm³/mol. The second-order valence-electron chi connectivity index (χ2n) is 4.42. The van der Waals surface area contributed by atoms with Crippen LogP contribution in [-0.4, -0.2) is 27.2 Å². The van der Waals surface area contributed by atoms with E-state index in [1.54, 1.807) is 27.7 Å². The standard InChI is InChI=1S/C9H23O3P/c1-7(2)12-13(10,11,8(3)4)9(5)6/h7-11H,1-6H3. The van der Waals surface area contributed by atoms with Gasteiger partial charge in [-0.3, -0.25) is 0 Å². The molecule has 3 nitrogen and oxygen atoms in total. The van der Waals surface area contributed by atoms with E-state index in [9.17, 15) is 9.79 Å². The monoisotopic (exact) mass is 210 g/mol. The van der Waals surface area contributed by atoms with Gasteiger partial charge in [0.1, 0.15) is 0 Å². The Bertz CT molecular complexity index is 164. The molecule has 0 heterocycles. The second-order valence-corrected chi connectivity index (χ2v) is 8.84. The first-order chi connectivity index (χ1) is 5.60. The molecule has 82 valence electrons. The zero-order valence-electron chi connectivity index (χ0n) is 9.48. The van der Waals surface area contributed by atoms with Crippen LogP contribution in [0.25, 0.3) is 0 Å². The van der Waals surface area contributed by atoms with Crippen LogP contribution in [0.1, 0.15) is 41.5 Å². The van der Waals surface area contributed by atoms with Gasteiger partial charge in [-0.2, -0.15) is 0 Å². The SMILES string of the molecule is CC(C)OP(O)(O)(C(C)C)C(C)C. The first-order valence-corrected chi connectivity index (χ1v) is 7.00. The van der Waals surface area contributed by atoms with Crippen molar-refractivity contribution >= 4 is 7.28 Å². The van der Waals surface area contributed by atoms with E-state index in [2.05, 4.69) is 0 Å². The minimum atomic E-state index is -3.94. The summed E-state index contributed by atoms with van der Waals surface area (Å²) < 4.78 is 5.39. The first-order valence-electron chi connectivity index (χ1n) is 4.80. The summed E-state index contributed by atoms with van der Waals surface area (Å²) in [4.78, 5) is 20.5. The molecule has 2 N–H and O–H groups in total. The van der Waals surface area contributed by atoms with Gasteiger partial charge in [0.05, 0.1) is 0 Å². The molecule has 0 saturated carbocycles. The maximum absolute atomic E-state index is 10.3. The van der Waals surface area contributed by atoms with Gasteiger partial charge in [-0.05, 0) is 0 Å². The fourth-order valence-electron chi connectivity index (χ4n) is 1.27. The van der Waals surface area contributed by atoms with Crippen molar-refractivity contribution in [1.29, 1.82) is 0 Å². The zero-order chi connectivity index (χ0) is 10.9. The van der Waals surface area contributed by atoms with E-state index in [0.29, 0.717) is 0 Å². The molecule has 4 heteroatoms. The Kier molecular flexibility index (Phi) is 3.91. The molecule has 0 aromatic carbocycles. The quantitative estimate of drug-likeness (QED) is 0.701. The van der Waals surface area contributed by atoms with Crippen LogP contribution in [0.3, 0.4) is 0 Å². The van der Waals surface area contributed by atoms with E-state index in [4.69, 9.17) is 4.52 Å². The maximum atomic E-state index is 10.3. The fraction of sp³-hybridized carbons (Fsp3) is 1.00. The Labute approximate surface area is 81.3 Å². The molecular formula is C9H23O3P. The number of hydrogen-bond donors (Lipinski definition) is 2. The molecule has 0 spiro atoms. The van der Waals surface area contributed by atoms with E-state index in [1.165, 1.54) is 0 Å². The van der Waals surface area contributed by atoms with Crippen molar-refractivity contribution in [3.8, 4) is 0 Å². The first kappa shape index (κ1) is 13.3. The van der Waals surface area contributed by atoms with E-state index in [0.717, 1.165) is 0 Å². The molecule has 0 amide bonds. The molecule has 0 aliphatic carbocycles. The minimum absolute atomic E-state index is 0.155. The molecule has 0 bridgehead atoms. The zero-order valence-corrected chi connectivity index (χ0v) is 10.4. The summed E-state index contributed by atoms with van der Waals surface area (Å²) in [5.41, 5.74) is -0.484. The Hall–Kier alpha value is 0.310. The van der Waals surface area contributed by atoms with E-state index in [-0.39, 0.29) is 17.4 Å². The van der Waals surface area contributed by atoms with Gasteiger partial charge in [-0.15, -0.1) is 0 Å². The molecule has 0 aliphatic rings. The molecule has 0 radical (unpaired) electrons. The van der Waals surface area contributed by atoms with Gasteiger partial charge in [-0.25, -0.2) is 0 Å². The van der Waals surface area contributed by atoms with Crippen molar-refractivity contribution in [3.05, 3.63) is 0 Å². The normalized spacial score (nSPS) is 16.7. The predicted octanol–water partition coefficient (Wildman–Crippen LogP) is 2.51. The third-order valence-electron chi connectivity index (χ3n) is 2.37. The Morgan fingerprint density at radius 2 is 1.15 bits per heavy atom. The van der Waals surface area contributed by atoms with Crippen molar-refractivity contribution in [2.75, 3.05) is 0 Å². The van der Waals surface area contributed by atoms with Crippen molar-refractivity contribution in [2.24, 2.45) is 0 Å². The Morgan fingerprint density at radius 1 is 0.846 bits per heavy atom. The third kappa shape index (κ3) is 2.63. The summed E-state index contributed by atoms with van der Waals surface area (Å²) in [6, 6.07) is 0. The summed E-state index contributed by atoms with van der Waals surface area (Å²) in [7, 11) is -3.94. The van der Waals surface area contributed by atoms with Gasteiger partial charge in [0.15, 0.2) is 0 Å². The summed E-state index contributed by atoms with van der Waals surface area (Å²) >= 11 is 0. The molecule has 0 atom stereocenters. The average Bonchev–Trinajstić information content (AvgIpc) is 1.83. The van der Waals surface area contributed by atoms with Gasteiger partial charge < -0.3 is 0 Å². The van der Waals surface area contributed by atoms with Crippen LogP contribution < -0.4 is 0 Å². The number of hydrogen-bond acceptors (Lipinski definition) is 3. The Balaban J connectivity index is 4.92. The van der Waals surface area contributed by atoms with Crippen molar-refractivity contribution < 1.29 is 14.3 Å². The van der Waals surface area contributed by atoms with Crippen LogP contribution in [0.2, 0.25) is 0 Å². The molecule has 0 saturated heterocycles. The van der Waals surface area contributed by atoms with E-state index in [1.807, 2.05) is 13.8 Å². The van der Waals surface area contributed by atoms with Crippen LogP contribution in [0.4, 0.5) is 0 Å². The molecule has 0 aromatic rings. The fourth-order valence-corrected chi connectivity index (χ4v) is 3.82. The molecule has 0 rings (SSSR count). The van der Waals surface area contributed by atoms with Crippen LogP contribution >= 0.6 is 7.28 Å². The summed E-state index contributed by atoms with van der Waals surface area (Å²) in [5.74, 6) is 0. The van der Waals surface area contributed by atoms with Gasteiger partial charge in [0.2, 0.25) is 0 Å². The summed E-state index contributed by atoms with van der Waals surface area (Å²) in [6.07, 6.45) is -0.155. The van der Waals surface area contributed by atoms with Crippen molar-refractivity contribution in [2.45, 2.75) is 59.0 Å². The topological polar surface area (TPSA) is 49.7 Å². The molecule has 0 fully saturated rings. The van der Waals surface area contributed by atoms with E-state index < -0.39 is 7.28 Å². The molecule has 0 aromatic heterocycles. The Morgan fingerprint density at radius 3 is 1.23 bits per heavy atom. The molecule has 13 heavy (non-hydrogen) atoms. The molecular weight excluding hydrogens is 187 g/mol. The average molecular weight is 210 g/mol. The van der Waals surface area contributed by atoms with Crippen LogP contribution in [-0.2, 0) is 4.52 Å². The van der Waals surface area contributed by atoms with Crippen LogP contribution in [0, 0.1) is 0 Å². The van der Waals surface area contributed by atoms with Crippen LogP contribution in [0.15, 0.2) is 0 Å². The molecule has 0 aliphatic heterocycles. The van der Waals surface area contributed by atoms with Crippen molar-refractivity contribution in [1.82, 2.24) is 0 Å². The van der Waals surface area contributed by atoms with Crippen molar-refractivity contribution in [3.63, 3.8) is 0 Å². The van der Waals surface area contributed by atoms with Gasteiger partial charge in [0, 0.05) is 0 Å². The summed E-state index contributed by atoms with van der Waals surface area (Å²) in [5, 5.41) is 0. The summed E-state index contributed by atoms with van der Waals surface area (Å²) in [6.45, 7) is 10.8. The van der Waals surface area contributed by atoms with Gasteiger partial charge >= 0.3 is 80.6 Å².